The Morgan fingerprint density at radius 3 is 2.62 bits per heavy atom. The number of fused-ring (bicyclic) bond motifs is 3. The van der Waals surface area contributed by atoms with Crippen molar-refractivity contribution < 1.29 is 14.3 Å². The minimum Gasteiger partial charge on any atom is -0.494 e. The third kappa shape index (κ3) is 6.85. The molecule has 6 nitrogen and oxygen atoms in total. The summed E-state index contributed by atoms with van der Waals surface area (Å²) in [4.78, 5) is 18.9. The zero-order valence-electron chi connectivity index (χ0n) is 23.0. The van der Waals surface area contributed by atoms with Gasteiger partial charge in [-0.25, -0.2) is 4.79 Å². The van der Waals surface area contributed by atoms with Gasteiger partial charge in [-0.15, -0.1) is 0 Å². The number of carbonyl (C=O) groups excluding carboxylic acids is 1. The van der Waals surface area contributed by atoms with Crippen molar-refractivity contribution in [2.75, 3.05) is 26.2 Å². The van der Waals surface area contributed by atoms with Crippen molar-refractivity contribution in [3.63, 3.8) is 0 Å². The van der Waals surface area contributed by atoms with Crippen LogP contribution in [0.25, 0.3) is 10.9 Å². The van der Waals surface area contributed by atoms with Gasteiger partial charge in [-0.2, -0.15) is 0 Å². The van der Waals surface area contributed by atoms with E-state index >= 15 is 0 Å². The molecule has 3 aromatic rings. The Morgan fingerprint density at radius 2 is 1.85 bits per heavy atom. The van der Waals surface area contributed by atoms with Crippen molar-refractivity contribution in [1.29, 1.82) is 0 Å². The zero-order valence-corrected chi connectivity index (χ0v) is 24.5. The SMILES string of the molecule is CCNCCCCCCOc1ccc(C2c3[nH]c4ccc(Cl)cc4c3CCN2C(=O)OC2=CC=C(Cl)CC2)cc1. The number of carbonyl (C=O) groups is 1. The number of allylic oxidation sites excluding steroid dienone is 4. The lowest BCUT2D eigenvalue weighted by molar-refractivity contribution is 0.110. The van der Waals surface area contributed by atoms with E-state index in [1.165, 1.54) is 18.4 Å². The summed E-state index contributed by atoms with van der Waals surface area (Å²) in [5.41, 5.74) is 4.18. The number of hydrogen-bond donors (Lipinski definition) is 2. The largest absolute Gasteiger partial charge is 0.494 e. The molecule has 2 aromatic carbocycles. The van der Waals surface area contributed by atoms with E-state index < -0.39 is 0 Å². The number of hydrogen-bond acceptors (Lipinski definition) is 4. The van der Waals surface area contributed by atoms with Crippen LogP contribution in [-0.2, 0) is 11.2 Å². The molecule has 5 rings (SSSR count). The van der Waals surface area contributed by atoms with Crippen molar-refractivity contribution in [3.05, 3.63) is 87.3 Å². The van der Waals surface area contributed by atoms with Gasteiger partial charge in [0.25, 0.3) is 0 Å². The van der Waals surface area contributed by atoms with Gasteiger partial charge in [0, 0.05) is 39.6 Å². The quantitative estimate of drug-likeness (QED) is 0.224. The summed E-state index contributed by atoms with van der Waals surface area (Å²) in [7, 11) is 0. The van der Waals surface area contributed by atoms with Crippen LogP contribution in [0.15, 0.2) is 65.4 Å². The molecule has 1 aromatic heterocycles. The van der Waals surface area contributed by atoms with Gasteiger partial charge in [-0.3, -0.25) is 4.90 Å². The highest BCUT2D eigenvalue weighted by Crippen LogP contribution is 2.40. The number of rotatable bonds is 11. The van der Waals surface area contributed by atoms with E-state index in [1.54, 1.807) is 12.2 Å². The molecular weight excluding hydrogens is 545 g/mol. The normalized spacial score (nSPS) is 16.9. The van der Waals surface area contributed by atoms with Crippen molar-refractivity contribution >= 4 is 40.2 Å². The van der Waals surface area contributed by atoms with E-state index in [0.717, 1.165) is 58.9 Å². The number of benzene rings is 2. The van der Waals surface area contributed by atoms with E-state index in [2.05, 4.69) is 17.2 Å². The fraction of sp³-hybridized carbons (Fsp3) is 0.406. The second kappa shape index (κ2) is 13.6. The summed E-state index contributed by atoms with van der Waals surface area (Å²) < 4.78 is 11.9. The molecule has 40 heavy (non-hydrogen) atoms. The number of aromatic nitrogens is 1. The maximum absolute atomic E-state index is 13.5. The topological polar surface area (TPSA) is 66.6 Å². The molecule has 2 aliphatic rings. The minimum absolute atomic E-state index is 0.323. The first kappa shape index (κ1) is 28.6. The molecule has 1 aliphatic heterocycles. The monoisotopic (exact) mass is 581 g/mol. The van der Waals surface area contributed by atoms with Crippen LogP contribution in [0, 0.1) is 0 Å². The predicted octanol–water partition coefficient (Wildman–Crippen LogP) is 8.25. The maximum Gasteiger partial charge on any atom is 0.415 e. The number of unbranched alkanes of at least 4 members (excludes halogenated alkanes) is 3. The fourth-order valence-corrected chi connectivity index (χ4v) is 5.80. The van der Waals surface area contributed by atoms with Gasteiger partial charge in [0.2, 0.25) is 0 Å². The third-order valence-corrected chi connectivity index (χ3v) is 8.11. The van der Waals surface area contributed by atoms with Gasteiger partial charge in [0.15, 0.2) is 0 Å². The first-order valence-electron chi connectivity index (χ1n) is 14.3. The molecule has 0 saturated carbocycles. The van der Waals surface area contributed by atoms with E-state index in [9.17, 15) is 4.79 Å². The number of nitrogens with one attached hydrogen (secondary N) is 2. The first-order valence-corrected chi connectivity index (χ1v) is 15.1. The minimum atomic E-state index is -0.362. The van der Waals surface area contributed by atoms with Crippen LogP contribution in [-0.4, -0.2) is 42.2 Å². The molecule has 2 heterocycles. The summed E-state index contributed by atoms with van der Waals surface area (Å²) in [5.74, 6) is 1.47. The Balaban J connectivity index is 1.33. The Hall–Kier alpha value is -2.93. The molecule has 1 unspecified atom stereocenters. The summed E-state index contributed by atoms with van der Waals surface area (Å²) in [6, 6.07) is 13.6. The average Bonchev–Trinajstić information content (AvgIpc) is 3.33. The van der Waals surface area contributed by atoms with Crippen LogP contribution in [0.5, 0.6) is 5.75 Å². The highest BCUT2D eigenvalue weighted by atomic mass is 35.5. The molecule has 0 radical (unpaired) electrons. The second-order valence-electron chi connectivity index (χ2n) is 10.4. The van der Waals surface area contributed by atoms with Gasteiger partial charge >= 0.3 is 6.09 Å². The lowest BCUT2D eigenvalue weighted by Crippen LogP contribution is -2.40. The maximum atomic E-state index is 13.5. The number of H-pyrrole nitrogens is 1. The summed E-state index contributed by atoms with van der Waals surface area (Å²) in [6.45, 7) is 5.47. The van der Waals surface area contributed by atoms with Gasteiger partial charge in [0.05, 0.1) is 6.61 Å². The number of halogens is 2. The molecule has 0 spiro atoms. The van der Waals surface area contributed by atoms with Crippen LogP contribution < -0.4 is 10.1 Å². The molecule has 0 saturated heterocycles. The molecule has 1 atom stereocenters. The number of amides is 1. The molecule has 0 bridgehead atoms. The lowest BCUT2D eigenvalue weighted by atomic mass is 9.92. The zero-order chi connectivity index (χ0) is 27.9. The van der Waals surface area contributed by atoms with E-state index in [1.807, 2.05) is 47.4 Å². The second-order valence-corrected chi connectivity index (χ2v) is 11.3. The smallest absolute Gasteiger partial charge is 0.415 e. The van der Waals surface area contributed by atoms with Gasteiger partial charge in [0.1, 0.15) is 17.6 Å². The van der Waals surface area contributed by atoms with E-state index in [0.29, 0.717) is 43.2 Å². The number of nitrogens with zero attached hydrogens (tertiary/aromatic N) is 1. The predicted molar refractivity (Wildman–Crippen MR) is 162 cm³/mol. The molecular formula is C32H37Cl2N3O3. The molecule has 8 heteroatoms. The van der Waals surface area contributed by atoms with Crippen LogP contribution in [0.4, 0.5) is 4.79 Å². The van der Waals surface area contributed by atoms with Crippen molar-refractivity contribution in [3.8, 4) is 5.75 Å². The fourth-order valence-electron chi connectivity index (χ4n) is 5.47. The van der Waals surface area contributed by atoms with Crippen molar-refractivity contribution in [1.82, 2.24) is 15.2 Å². The van der Waals surface area contributed by atoms with Gasteiger partial charge in [-0.1, -0.05) is 55.1 Å². The van der Waals surface area contributed by atoms with Crippen LogP contribution in [0.3, 0.4) is 0 Å². The standard InChI is InChI=1S/C32H37Cl2N3O3/c1-2-35-18-5-3-4-6-20-39-25-12-7-22(8-13-25)31-30-27(28-21-24(34)11-16-29(28)36-30)17-19-37(31)32(38)40-26-14-9-23(33)10-15-26/h7-9,11-14,16,21,31,35-36H,2-6,10,15,17-20H2,1H3. The third-order valence-electron chi connectivity index (χ3n) is 7.56. The van der Waals surface area contributed by atoms with Gasteiger partial charge < -0.3 is 19.8 Å². The Labute approximate surface area is 246 Å². The van der Waals surface area contributed by atoms with Crippen LogP contribution in [0.2, 0.25) is 5.02 Å². The van der Waals surface area contributed by atoms with E-state index in [-0.39, 0.29) is 12.1 Å². The Morgan fingerprint density at radius 1 is 1.02 bits per heavy atom. The van der Waals surface area contributed by atoms with Crippen LogP contribution in [0.1, 0.15) is 68.3 Å². The van der Waals surface area contributed by atoms with E-state index in [4.69, 9.17) is 32.7 Å². The molecule has 1 aliphatic carbocycles. The molecule has 212 valence electrons. The summed E-state index contributed by atoms with van der Waals surface area (Å²) >= 11 is 12.4. The summed E-state index contributed by atoms with van der Waals surface area (Å²) in [5, 5.41) is 5.93. The lowest BCUT2D eigenvalue weighted by Gasteiger charge is -2.35. The highest BCUT2D eigenvalue weighted by Gasteiger charge is 2.36. The average molecular weight is 583 g/mol. The van der Waals surface area contributed by atoms with Crippen LogP contribution >= 0.6 is 23.2 Å². The van der Waals surface area contributed by atoms with Gasteiger partial charge in [-0.05, 0) is 92.4 Å². The Bertz CT molecular complexity index is 1380. The number of ether oxygens (including phenoxy) is 2. The van der Waals surface area contributed by atoms with Crippen molar-refractivity contribution in [2.24, 2.45) is 0 Å². The first-order chi connectivity index (χ1) is 19.5. The summed E-state index contributed by atoms with van der Waals surface area (Å²) in [6.07, 6.45) is 9.82. The molecule has 1 amide bonds. The van der Waals surface area contributed by atoms with Crippen molar-refractivity contribution in [2.45, 2.75) is 57.9 Å². The Kier molecular flexibility index (Phi) is 9.74. The molecule has 2 N–H and O–H groups in total. The number of aromatic amines is 1. The highest BCUT2D eigenvalue weighted by molar-refractivity contribution is 6.31. The molecule has 0 fully saturated rings.